The number of carbonyl (C=O) groups excluding carboxylic acids is 3. The normalized spacial score (nSPS) is 9.38. The maximum atomic E-state index is 11.1. The minimum atomic E-state index is -0.417. The van der Waals surface area contributed by atoms with Crippen molar-refractivity contribution in [3.8, 4) is 0 Å². The van der Waals surface area contributed by atoms with Crippen LogP contribution in [0.15, 0.2) is 0 Å². The highest BCUT2D eigenvalue weighted by Crippen LogP contribution is 1.95. The Labute approximate surface area is 102 Å². The van der Waals surface area contributed by atoms with Crippen LogP contribution in [0.3, 0.4) is 0 Å². The third-order valence-electron chi connectivity index (χ3n) is 1.57. The van der Waals surface area contributed by atoms with Gasteiger partial charge in [0.05, 0.1) is 0 Å². The lowest BCUT2D eigenvalue weighted by Crippen LogP contribution is -2.38. The molecule has 0 aromatic carbocycles. The van der Waals surface area contributed by atoms with Gasteiger partial charge in [0.1, 0.15) is 0 Å². The van der Waals surface area contributed by atoms with Crippen LogP contribution >= 0.6 is 21.9 Å². The summed E-state index contributed by atoms with van der Waals surface area (Å²) >= 11 is 3.94. The van der Waals surface area contributed by atoms with Crippen LogP contribution in [0.2, 0.25) is 0 Å². The Balaban J connectivity index is 3.46. The van der Waals surface area contributed by atoms with E-state index < -0.39 is 5.65 Å². The van der Waals surface area contributed by atoms with E-state index in [4.69, 9.17) is 0 Å². The lowest BCUT2D eigenvalue weighted by atomic mass is 10.2. The van der Waals surface area contributed by atoms with Gasteiger partial charge in [-0.15, -0.1) is 0 Å². The van der Waals surface area contributed by atoms with E-state index in [1.54, 1.807) is 0 Å². The molecule has 0 aliphatic carbocycles. The van der Waals surface area contributed by atoms with Crippen LogP contribution in [-0.2, 0) is 9.59 Å². The first-order chi connectivity index (χ1) is 7.56. The summed E-state index contributed by atoms with van der Waals surface area (Å²) in [6.07, 6.45) is 0.923. The van der Waals surface area contributed by atoms with Crippen molar-refractivity contribution in [2.24, 2.45) is 0 Å². The van der Waals surface area contributed by atoms with Crippen LogP contribution < -0.4 is 16.2 Å². The summed E-state index contributed by atoms with van der Waals surface area (Å²) in [4.78, 5) is 32.6. The molecular formula is C8H16N3O3PS. The number of hydrogen-bond acceptors (Lipinski definition) is 4. The van der Waals surface area contributed by atoms with Crippen molar-refractivity contribution in [3.63, 3.8) is 0 Å². The van der Waals surface area contributed by atoms with Gasteiger partial charge in [0.2, 0.25) is 11.8 Å². The number of rotatable bonds is 6. The van der Waals surface area contributed by atoms with Gasteiger partial charge in [-0.25, -0.2) is 0 Å². The average molecular weight is 265 g/mol. The van der Waals surface area contributed by atoms with Gasteiger partial charge in [-0.2, -0.15) is 12.6 Å². The predicted octanol–water partition coefficient (Wildman–Crippen LogP) is -0.181. The molecule has 0 fully saturated rings. The molecule has 16 heavy (non-hydrogen) atoms. The second kappa shape index (κ2) is 9.42. The van der Waals surface area contributed by atoms with Gasteiger partial charge in [0, 0.05) is 25.1 Å². The lowest BCUT2D eigenvalue weighted by molar-refractivity contribution is -0.122. The summed E-state index contributed by atoms with van der Waals surface area (Å²) in [5, 5.41) is 2.64. The third-order valence-corrected chi connectivity index (χ3v) is 1.93. The smallest absolute Gasteiger partial charge is 0.253 e. The van der Waals surface area contributed by atoms with Crippen LogP contribution in [-0.4, -0.2) is 29.8 Å². The van der Waals surface area contributed by atoms with Crippen LogP contribution in [0.5, 0.6) is 0 Å². The first kappa shape index (κ1) is 15.2. The minimum Gasteiger partial charge on any atom is -0.355 e. The van der Waals surface area contributed by atoms with E-state index in [9.17, 15) is 14.4 Å². The van der Waals surface area contributed by atoms with Crippen molar-refractivity contribution in [3.05, 3.63) is 0 Å². The summed E-state index contributed by atoms with van der Waals surface area (Å²) < 4.78 is 0. The van der Waals surface area contributed by atoms with Gasteiger partial charge in [0.15, 0.2) is 0 Å². The Morgan fingerprint density at radius 3 is 2.25 bits per heavy atom. The molecular weight excluding hydrogens is 249 g/mol. The number of nitrogens with one attached hydrogen (secondary N) is 3. The summed E-state index contributed by atoms with van der Waals surface area (Å²) in [5.41, 5.74) is 3.91. The zero-order valence-corrected chi connectivity index (χ0v) is 10.8. The van der Waals surface area contributed by atoms with E-state index in [-0.39, 0.29) is 24.7 Å². The molecule has 0 saturated carbocycles. The van der Waals surface area contributed by atoms with Crippen molar-refractivity contribution in [2.45, 2.75) is 19.3 Å². The maximum absolute atomic E-state index is 11.1. The zero-order chi connectivity index (χ0) is 12.4. The van der Waals surface area contributed by atoms with E-state index in [2.05, 4.69) is 28.8 Å². The second-order valence-electron chi connectivity index (χ2n) is 2.96. The van der Waals surface area contributed by atoms with Crippen molar-refractivity contribution >= 4 is 39.3 Å². The Kier molecular flexibility index (Phi) is 8.94. The number of amides is 3. The molecule has 1 atom stereocenters. The lowest BCUT2D eigenvalue weighted by Gasteiger charge is -2.05. The van der Waals surface area contributed by atoms with Gasteiger partial charge < -0.3 is 5.32 Å². The van der Waals surface area contributed by atoms with Crippen LogP contribution in [0.4, 0.5) is 4.79 Å². The molecule has 0 aliphatic heterocycles. The van der Waals surface area contributed by atoms with Gasteiger partial charge in [-0.05, 0) is 15.7 Å². The predicted molar refractivity (Wildman–Crippen MR) is 67.1 cm³/mol. The fourth-order valence-corrected chi connectivity index (χ4v) is 1.07. The molecule has 0 aliphatic rings. The fourth-order valence-electron chi connectivity index (χ4n) is 0.887. The van der Waals surface area contributed by atoms with Crippen molar-refractivity contribution in [2.75, 3.05) is 12.3 Å². The molecule has 0 rings (SSSR count). The van der Waals surface area contributed by atoms with Gasteiger partial charge >= 0.3 is 0 Å². The summed E-state index contributed by atoms with van der Waals surface area (Å²) in [6.45, 7) is 0.525. The number of thiol groups is 1. The van der Waals surface area contributed by atoms with E-state index in [1.807, 2.05) is 9.24 Å². The Morgan fingerprint density at radius 2 is 1.69 bits per heavy atom. The molecule has 3 amide bonds. The van der Waals surface area contributed by atoms with E-state index >= 15 is 0 Å². The monoisotopic (exact) mass is 265 g/mol. The topological polar surface area (TPSA) is 87.3 Å². The van der Waals surface area contributed by atoms with Crippen LogP contribution in [0, 0.1) is 0 Å². The Hall–Kier alpha value is -0.810. The molecule has 6 nitrogen and oxygen atoms in total. The maximum Gasteiger partial charge on any atom is 0.253 e. The molecule has 0 radical (unpaired) electrons. The highest BCUT2D eigenvalue weighted by Gasteiger charge is 2.04. The van der Waals surface area contributed by atoms with Crippen LogP contribution in [0.25, 0.3) is 0 Å². The first-order valence-electron chi connectivity index (χ1n) is 4.78. The van der Waals surface area contributed by atoms with Crippen LogP contribution in [0.1, 0.15) is 19.3 Å². The molecule has 92 valence electrons. The molecule has 0 spiro atoms. The average Bonchev–Trinajstić information content (AvgIpc) is 2.23. The van der Waals surface area contributed by atoms with E-state index in [1.165, 1.54) is 0 Å². The van der Waals surface area contributed by atoms with Gasteiger partial charge in [-0.3, -0.25) is 25.2 Å². The molecule has 0 heterocycles. The molecule has 0 aromatic heterocycles. The van der Waals surface area contributed by atoms with Crippen molar-refractivity contribution < 1.29 is 14.4 Å². The third kappa shape index (κ3) is 9.73. The van der Waals surface area contributed by atoms with Crippen molar-refractivity contribution in [1.29, 1.82) is 0 Å². The van der Waals surface area contributed by atoms with Gasteiger partial charge in [0.25, 0.3) is 5.65 Å². The number of hydrazine groups is 1. The Bertz CT molecular complexity index is 263. The summed E-state index contributed by atoms with van der Waals surface area (Å²) in [7, 11) is 1.87. The quantitative estimate of drug-likeness (QED) is 0.305. The highest BCUT2D eigenvalue weighted by atomic mass is 32.1. The highest BCUT2D eigenvalue weighted by molar-refractivity contribution is 7.80. The zero-order valence-electron chi connectivity index (χ0n) is 8.78. The van der Waals surface area contributed by atoms with Gasteiger partial charge in [-0.1, -0.05) is 0 Å². The van der Waals surface area contributed by atoms with E-state index in [0.29, 0.717) is 18.7 Å². The molecule has 1 unspecified atom stereocenters. The summed E-state index contributed by atoms with van der Waals surface area (Å²) in [6, 6.07) is 0. The minimum absolute atomic E-state index is 0.100. The first-order valence-corrected chi connectivity index (χ1v) is 5.99. The second-order valence-corrected chi connectivity index (χ2v) is 3.94. The van der Waals surface area contributed by atoms with Crippen molar-refractivity contribution in [1.82, 2.24) is 16.2 Å². The molecule has 0 aromatic rings. The van der Waals surface area contributed by atoms with E-state index in [0.717, 1.165) is 0 Å². The SMILES string of the molecule is O=C(P)NNC(=O)CCCC(=O)NCCS. The molecule has 0 bridgehead atoms. The molecule has 8 heteroatoms. The standard InChI is InChI=1S/C8H16N3O3PS/c12-6(9-4-5-16)2-1-3-7(13)10-11-8(14)15/h16H,1-5,15H2,(H,9,12)(H,10,13)(H,11,14). The number of carbonyl (C=O) groups is 3. The molecule has 3 N–H and O–H groups in total. The Morgan fingerprint density at radius 1 is 1.06 bits per heavy atom. The largest absolute Gasteiger partial charge is 0.355 e. The fraction of sp³-hybridized carbons (Fsp3) is 0.625. The summed E-state index contributed by atoms with van der Waals surface area (Å²) in [5.74, 6) is 0.168. The molecule has 0 saturated heterocycles. The number of hydrogen-bond donors (Lipinski definition) is 4.